The minimum atomic E-state index is -1.40. The van der Waals surface area contributed by atoms with Gasteiger partial charge in [0.15, 0.2) is 0 Å². The first kappa shape index (κ1) is 16.3. The Morgan fingerprint density at radius 1 is 1.35 bits per heavy atom. The van der Waals surface area contributed by atoms with Gasteiger partial charge in [0.1, 0.15) is 6.73 Å². The lowest BCUT2D eigenvalue weighted by atomic mass is 10.1. The van der Waals surface area contributed by atoms with Gasteiger partial charge in [-0.05, 0) is 6.42 Å². The Kier molecular flexibility index (Phi) is 6.32. The number of hydrogen-bond donors (Lipinski definition) is 1. The first-order valence-corrected chi connectivity index (χ1v) is 6.43. The maximum absolute atomic E-state index is 11.3. The summed E-state index contributed by atoms with van der Waals surface area (Å²) in [7, 11) is 0. The number of carbonyl (C=O) groups is 2. The molecule has 0 aliphatic carbocycles. The summed E-state index contributed by atoms with van der Waals surface area (Å²) in [4.78, 5) is 40.1. The van der Waals surface area contributed by atoms with Gasteiger partial charge >= 0.3 is 5.97 Å². The van der Waals surface area contributed by atoms with Crippen molar-refractivity contribution in [1.29, 1.82) is 0 Å². The summed E-state index contributed by atoms with van der Waals surface area (Å²) >= 11 is 0. The summed E-state index contributed by atoms with van der Waals surface area (Å²) in [5, 5.41) is 17.9. The van der Waals surface area contributed by atoms with Crippen LogP contribution in [0.25, 0.3) is 0 Å². The second-order valence-electron chi connectivity index (χ2n) is 4.63. The van der Waals surface area contributed by atoms with Gasteiger partial charge in [-0.1, -0.05) is 6.92 Å². The van der Waals surface area contributed by atoms with Crippen molar-refractivity contribution >= 4 is 11.8 Å². The highest BCUT2D eigenvalue weighted by Crippen LogP contribution is 2.13. The van der Waals surface area contributed by atoms with Crippen molar-refractivity contribution in [3.63, 3.8) is 0 Å². The first-order chi connectivity index (χ1) is 9.43. The zero-order valence-electron chi connectivity index (χ0n) is 11.4. The topological polar surface area (TPSA) is 113 Å². The van der Waals surface area contributed by atoms with Crippen molar-refractivity contribution in [2.24, 2.45) is 0 Å². The zero-order chi connectivity index (χ0) is 15.1. The second kappa shape index (κ2) is 7.75. The van der Waals surface area contributed by atoms with E-state index < -0.39 is 16.8 Å². The van der Waals surface area contributed by atoms with Crippen LogP contribution in [0, 0.1) is 10.1 Å². The molecule has 0 saturated carbocycles. The van der Waals surface area contributed by atoms with E-state index in [1.165, 1.54) is 0 Å². The largest absolute Gasteiger partial charge is 0.476 e. The molecule has 0 amide bonds. The number of ketones is 1. The third-order valence-electron chi connectivity index (χ3n) is 3.40. The van der Waals surface area contributed by atoms with Crippen LogP contribution in [0.1, 0.15) is 19.8 Å². The summed E-state index contributed by atoms with van der Waals surface area (Å²) in [5.41, 5.74) is 0. The van der Waals surface area contributed by atoms with Gasteiger partial charge in [0.2, 0.25) is 5.78 Å². The van der Waals surface area contributed by atoms with Gasteiger partial charge in [-0.25, -0.2) is 4.79 Å². The van der Waals surface area contributed by atoms with E-state index in [-0.39, 0.29) is 19.2 Å². The van der Waals surface area contributed by atoms with Crippen LogP contribution in [0.2, 0.25) is 0 Å². The summed E-state index contributed by atoms with van der Waals surface area (Å²) in [5.74, 6) is -2.18. The maximum Gasteiger partial charge on any atom is 0.372 e. The number of rotatable bonds is 8. The van der Waals surface area contributed by atoms with Crippen molar-refractivity contribution in [3.05, 3.63) is 10.1 Å². The lowest BCUT2D eigenvalue weighted by molar-refractivity contribution is -0.762. The molecule has 0 spiro atoms. The summed E-state index contributed by atoms with van der Waals surface area (Å²) in [6, 6.07) is -0.0998. The minimum absolute atomic E-state index is 0.00275. The Hall–Kier alpha value is -1.74. The molecule has 0 bridgehead atoms. The molecule has 1 unspecified atom stereocenters. The molecule has 1 aliphatic heterocycles. The van der Waals surface area contributed by atoms with E-state index in [0.717, 1.165) is 0 Å². The molecule has 0 aromatic rings. The quantitative estimate of drug-likeness (QED) is 0.364. The fourth-order valence-electron chi connectivity index (χ4n) is 2.22. The summed E-state index contributed by atoms with van der Waals surface area (Å²) < 4.78 is 0. The Balaban J connectivity index is 2.40. The zero-order valence-corrected chi connectivity index (χ0v) is 11.4. The lowest BCUT2D eigenvalue weighted by Gasteiger charge is -2.38. The van der Waals surface area contributed by atoms with Crippen LogP contribution >= 0.6 is 0 Å². The van der Waals surface area contributed by atoms with Crippen LogP contribution in [0.4, 0.5) is 0 Å². The average Bonchev–Trinajstić information content (AvgIpc) is 2.42. The summed E-state index contributed by atoms with van der Waals surface area (Å²) in [6.07, 6.45) is 0.682. The third-order valence-corrected chi connectivity index (χ3v) is 3.40. The molecule has 1 fully saturated rings. The fourth-order valence-corrected chi connectivity index (χ4v) is 2.22. The molecule has 9 heteroatoms. The van der Waals surface area contributed by atoms with Crippen LogP contribution in [0.5, 0.6) is 0 Å². The smallest absolute Gasteiger partial charge is 0.372 e. The SMILES string of the molecule is CCC(CC(=O)C(=O)O)N1CCN(CO[N+](=O)[O-])CC1. The molecule has 1 atom stereocenters. The molecule has 0 aromatic carbocycles. The van der Waals surface area contributed by atoms with Crippen LogP contribution < -0.4 is 0 Å². The normalized spacial score (nSPS) is 18.4. The molecule has 1 saturated heterocycles. The monoisotopic (exact) mass is 289 g/mol. The third kappa shape index (κ3) is 5.10. The van der Waals surface area contributed by atoms with E-state index >= 15 is 0 Å². The number of aliphatic carboxylic acids is 1. The van der Waals surface area contributed by atoms with E-state index in [9.17, 15) is 19.7 Å². The van der Waals surface area contributed by atoms with Gasteiger partial charge in [-0.15, -0.1) is 10.1 Å². The van der Waals surface area contributed by atoms with Crippen LogP contribution in [-0.2, 0) is 14.4 Å². The number of carbonyl (C=O) groups excluding carboxylic acids is 1. The molecule has 20 heavy (non-hydrogen) atoms. The number of nitrogens with zero attached hydrogens (tertiary/aromatic N) is 3. The van der Waals surface area contributed by atoms with Gasteiger partial charge in [-0.2, -0.15) is 0 Å². The van der Waals surface area contributed by atoms with Gasteiger partial charge in [-0.3, -0.25) is 19.4 Å². The van der Waals surface area contributed by atoms with Gasteiger partial charge in [0.05, 0.1) is 0 Å². The predicted molar refractivity (Wildman–Crippen MR) is 67.4 cm³/mol. The highest BCUT2D eigenvalue weighted by molar-refractivity contribution is 6.32. The van der Waals surface area contributed by atoms with Crippen molar-refractivity contribution in [2.75, 3.05) is 32.9 Å². The molecular formula is C11H19N3O6. The number of piperazine rings is 1. The van der Waals surface area contributed by atoms with Crippen molar-refractivity contribution in [3.8, 4) is 0 Å². The summed E-state index contributed by atoms with van der Waals surface area (Å²) in [6.45, 7) is 4.28. The van der Waals surface area contributed by atoms with Gasteiger partial charge in [0, 0.05) is 38.6 Å². The average molecular weight is 289 g/mol. The number of Topliss-reactive ketones (excluding diaryl/α,β-unsaturated/α-hetero) is 1. The van der Waals surface area contributed by atoms with E-state index in [2.05, 4.69) is 4.84 Å². The maximum atomic E-state index is 11.3. The Labute approximate surface area is 116 Å². The molecule has 0 aromatic heterocycles. The molecule has 114 valence electrons. The molecule has 0 radical (unpaired) electrons. The van der Waals surface area contributed by atoms with E-state index in [1.54, 1.807) is 4.90 Å². The highest BCUT2D eigenvalue weighted by atomic mass is 17.0. The van der Waals surface area contributed by atoms with Crippen molar-refractivity contribution < 1.29 is 24.6 Å². The Morgan fingerprint density at radius 3 is 2.40 bits per heavy atom. The molecule has 1 N–H and O–H groups in total. The molecule has 1 aliphatic rings. The number of hydrogen-bond acceptors (Lipinski definition) is 7. The second-order valence-corrected chi connectivity index (χ2v) is 4.63. The first-order valence-electron chi connectivity index (χ1n) is 6.43. The predicted octanol–water partition coefficient (Wildman–Crippen LogP) is -0.408. The molecule has 1 heterocycles. The number of carboxylic acids is 1. The number of carboxylic acid groups (broad SMARTS) is 1. The Morgan fingerprint density at radius 2 is 1.95 bits per heavy atom. The minimum Gasteiger partial charge on any atom is -0.476 e. The van der Waals surface area contributed by atoms with E-state index in [1.807, 2.05) is 11.8 Å². The molecule has 9 nitrogen and oxygen atoms in total. The van der Waals surface area contributed by atoms with Crippen LogP contribution in [0.3, 0.4) is 0 Å². The van der Waals surface area contributed by atoms with Gasteiger partial charge < -0.3 is 5.11 Å². The van der Waals surface area contributed by atoms with E-state index in [4.69, 9.17) is 5.11 Å². The highest BCUT2D eigenvalue weighted by Gasteiger charge is 2.26. The molecule has 1 rings (SSSR count). The molecular weight excluding hydrogens is 270 g/mol. The fraction of sp³-hybridized carbons (Fsp3) is 0.818. The van der Waals surface area contributed by atoms with E-state index in [0.29, 0.717) is 32.6 Å². The standard InChI is InChI=1S/C11H19N3O6/c1-2-9(7-10(15)11(16)17)13-5-3-12(4-6-13)8-20-14(18)19/h9H,2-8H2,1H3,(H,16,17). The van der Waals surface area contributed by atoms with Gasteiger partial charge in [0.25, 0.3) is 5.09 Å². The Bertz CT molecular complexity index is 367. The van der Waals surface area contributed by atoms with Crippen LogP contribution in [0.15, 0.2) is 0 Å². The lowest BCUT2D eigenvalue weighted by Crippen LogP contribution is -2.51. The van der Waals surface area contributed by atoms with Crippen molar-refractivity contribution in [1.82, 2.24) is 9.80 Å². The van der Waals surface area contributed by atoms with Crippen LogP contribution in [-0.4, -0.2) is 70.7 Å². The van der Waals surface area contributed by atoms with Crippen molar-refractivity contribution in [2.45, 2.75) is 25.8 Å².